The number of likely N-dealkylation sites (tertiary alicyclic amines) is 2. The third-order valence-electron chi connectivity index (χ3n) is 7.70. The summed E-state index contributed by atoms with van der Waals surface area (Å²) >= 11 is 1.43. The predicted molar refractivity (Wildman–Crippen MR) is 142 cm³/mol. The number of carbonyl (C=O) groups is 4. The van der Waals surface area contributed by atoms with Crippen molar-refractivity contribution in [1.82, 2.24) is 25.3 Å². The molecule has 38 heavy (non-hydrogen) atoms. The van der Waals surface area contributed by atoms with Gasteiger partial charge in [0.05, 0.1) is 30.7 Å². The van der Waals surface area contributed by atoms with Gasteiger partial charge in [0.1, 0.15) is 5.70 Å². The summed E-state index contributed by atoms with van der Waals surface area (Å²) < 4.78 is 0. The molecular weight excluding hydrogens is 538 g/mol. The van der Waals surface area contributed by atoms with Crippen molar-refractivity contribution < 1.29 is 29.4 Å². The van der Waals surface area contributed by atoms with Crippen molar-refractivity contribution in [3.8, 4) is 0 Å². The van der Waals surface area contributed by atoms with Gasteiger partial charge in [-0.2, -0.15) is 0 Å². The molecule has 4 heterocycles. The van der Waals surface area contributed by atoms with Crippen molar-refractivity contribution >= 4 is 53.8 Å². The Morgan fingerprint density at radius 3 is 2.58 bits per heavy atom. The Morgan fingerprint density at radius 1 is 1.29 bits per heavy atom. The van der Waals surface area contributed by atoms with E-state index in [0.29, 0.717) is 37.4 Å². The van der Waals surface area contributed by atoms with E-state index in [4.69, 9.17) is 11.1 Å². The first-order valence-corrected chi connectivity index (χ1v) is 13.3. The molecule has 0 bridgehead atoms. The van der Waals surface area contributed by atoms with Crippen molar-refractivity contribution in [3.05, 3.63) is 10.6 Å². The monoisotopic (exact) mass is 573 g/mol. The first-order valence-electron chi connectivity index (χ1n) is 12.4. The lowest BCUT2D eigenvalue weighted by Crippen LogP contribution is -2.63. The zero-order valence-corrected chi connectivity index (χ0v) is 23.2. The minimum atomic E-state index is -1.16. The minimum Gasteiger partial charge on any atom is -0.477 e. The Balaban J connectivity index is 0.00000400. The van der Waals surface area contributed by atoms with Gasteiger partial charge in [-0.3, -0.25) is 24.7 Å². The smallest absolute Gasteiger partial charge is 0.353 e. The van der Waals surface area contributed by atoms with Gasteiger partial charge in [-0.1, -0.05) is 6.92 Å². The zero-order valence-electron chi connectivity index (χ0n) is 21.5. The first-order chi connectivity index (χ1) is 17.4. The molecule has 0 aromatic heterocycles. The number of β-lactam (4-membered cyclic amide) rings is 1. The van der Waals surface area contributed by atoms with E-state index in [9.17, 15) is 29.4 Å². The summed E-state index contributed by atoms with van der Waals surface area (Å²) in [6.07, 6.45) is 0.320. The number of rotatable bonds is 8. The van der Waals surface area contributed by atoms with Crippen molar-refractivity contribution in [1.29, 1.82) is 5.41 Å². The molecule has 4 aliphatic heterocycles. The van der Waals surface area contributed by atoms with E-state index in [2.05, 4.69) is 10.6 Å². The van der Waals surface area contributed by atoms with Crippen LogP contribution in [0.3, 0.4) is 0 Å². The lowest BCUT2D eigenvalue weighted by molar-refractivity contribution is -0.163. The number of guanidine groups is 1. The summed E-state index contributed by atoms with van der Waals surface area (Å²) in [4.78, 5) is 55.7. The number of fused-ring (bicyclic) bond motifs is 1. The van der Waals surface area contributed by atoms with Gasteiger partial charge in [-0.05, 0) is 26.8 Å². The molecular formula is C23H36ClN7O6S. The number of aliphatic hydroxyl groups excluding tert-OH is 1. The van der Waals surface area contributed by atoms with Crippen molar-refractivity contribution in [3.63, 3.8) is 0 Å². The van der Waals surface area contributed by atoms with Crippen LogP contribution in [-0.2, 0) is 19.2 Å². The summed E-state index contributed by atoms with van der Waals surface area (Å²) in [5.41, 5.74) is 5.20. The number of nitrogens with one attached hydrogen (secondary N) is 3. The van der Waals surface area contributed by atoms with Gasteiger partial charge in [-0.15, -0.1) is 24.2 Å². The van der Waals surface area contributed by atoms with E-state index in [1.165, 1.54) is 16.7 Å². The van der Waals surface area contributed by atoms with Crippen LogP contribution in [0.4, 0.5) is 0 Å². The van der Waals surface area contributed by atoms with Crippen LogP contribution in [-0.4, -0.2) is 117 Å². The van der Waals surface area contributed by atoms with Crippen LogP contribution in [0, 0.1) is 17.2 Å². The SMILES string of the molecule is C[C@@H](O)[C@H]1C(=O)N2C(C(=O)O)=C(S[C@H]3C[C@@H](C(=O)N4CC[C@H](NC(=O)CNC(=N)N)C4)N(C)C3)[C@H](C)[C@H]12.Cl. The molecule has 7 atom stereocenters. The molecule has 0 spiro atoms. The minimum absolute atomic E-state index is 0. The van der Waals surface area contributed by atoms with Crippen molar-refractivity contribution in [2.24, 2.45) is 17.6 Å². The number of likely N-dealkylation sites (N-methyl/N-ethyl adjacent to an activating group) is 1. The fraction of sp³-hybridized carbons (Fsp3) is 0.696. The van der Waals surface area contributed by atoms with Gasteiger partial charge in [0.2, 0.25) is 17.7 Å². The number of amides is 3. The number of hydrogen-bond donors (Lipinski definition) is 6. The van der Waals surface area contributed by atoms with Crippen molar-refractivity contribution in [2.45, 2.75) is 56.2 Å². The maximum absolute atomic E-state index is 13.3. The van der Waals surface area contributed by atoms with Gasteiger partial charge in [0.25, 0.3) is 0 Å². The molecule has 13 nitrogen and oxygen atoms in total. The molecule has 15 heteroatoms. The number of carbonyl (C=O) groups excluding carboxylic acids is 3. The standard InChI is InChI=1S/C23H35N7O6S.ClH/c1-10-17-16(11(2)31)21(34)30(17)18(22(35)36)19(10)37-13-6-14(28(3)9-13)20(33)29-5-4-12(8-29)27-15(32)7-26-23(24)25;/h10-14,16-17,31H,4-9H2,1-3H3,(H,27,32)(H,35,36)(H4,24,25,26);1H/t10-,11-,12+,13+,14+,16-,17-;/m1./s1. The number of thioether (sulfide) groups is 1. The fourth-order valence-corrected chi connectivity index (χ4v) is 7.53. The molecule has 0 aromatic carbocycles. The third kappa shape index (κ3) is 5.58. The van der Waals surface area contributed by atoms with Crippen LogP contribution in [0.1, 0.15) is 26.7 Å². The highest BCUT2D eigenvalue weighted by Gasteiger charge is 2.60. The summed E-state index contributed by atoms with van der Waals surface area (Å²) in [5.74, 6) is -2.94. The number of nitrogens with two attached hydrogens (primary N) is 1. The highest BCUT2D eigenvalue weighted by molar-refractivity contribution is 8.03. The Hall–Kier alpha value is -2.55. The number of nitrogens with zero attached hydrogens (tertiary/aromatic N) is 3. The first kappa shape index (κ1) is 30.0. The molecule has 0 aliphatic carbocycles. The fourth-order valence-electron chi connectivity index (χ4n) is 5.93. The Bertz CT molecular complexity index is 1040. The van der Waals surface area contributed by atoms with E-state index in [1.54, 1.807) is 11.8 Å². The van der Waals surface area contributed by atoms with Crippen LogP contribution < -0.4 is 16.4 Å². The summed E-state index contributed by atoms with van der Waals surface area (Å²) in [6, 6.07) is -0.894. The van der Waals surface area contributed by atoms with Gasteiger partial charge in [0, 0.05) is 41.7 Å². The van der Waals surface area contributed by atoms with E-state index >= 15 is 0 Å². The van der Waals surface area contributed by atoms with E-state index in [-0.39, 0.29) is 77.6 Å². The average Bonchev–Trinajstić information content (AvgIpc) is 3.48. The van der Waals surface area contributed by atoms with E-state index < -0.39 is 18.0 Å². The van der Waals surface area contributed by atoms with Crippen molar-refractivity contribution in [2.75, 3.05) is 33.2 Å². The third-order valence-corrected chi connectivity index (χ3v) is 9.20. The second-order valence-electron chi connectivity index (χ2n) is 10.3. The quantitative estimate of drug-likeness (QED) is 0.114. The second kappa shape index (κ2) is 11.7. The largest absolute Gasteiger partial charge is 0.477 e. The predicted octanol–water partition coefficient (Wildman–Crippen LogP) is -1.43. The number of aliphatic carboxylic acids is 1. The summed E-state index contributed by atoms with van der Waals surface area (Å²) in [7, 11) is 1.87. The summed E-state index contributed by atoms with van der Waals surface area (Å²) in [6.45, 7) is 4.86. The van der Waals surface area contributed by atoms with Gasteiger partial charge >= 0.3 is 5.97 Å². The molecule has 4 aliphatic rings. The number of carboxylic acids is 1. The van der Waals surface area contributed by atoms with Gasteiger partial charge in [-0.25, -0.2) is 4.79 Å². The molecule has 3 fully saturated rings. The molecule has 0 aromatic rings. The van der Waals surface area contributed by atoms with Gasteiger partial charge in [0.15, 0.2) is 5.96 Å². The van der Waals surface area contributed by atoms with E-state index in [1.807, 2.05) is 18.9 Å². The number of hydrogen-bond acceptors (Lipinski definition) is 8. The Labute approximate surface area is 231 Å². The molecule has 4 rings (SSSR count). The number of aliphatic hydroxyl groups is 1. The molecule has 3 saturated heterocycles. The lowest BCUT2D eigenvalue weighted by atomic mass is 9.79. The topological polar surface area (TPSA) is 192 Å². The molecule has 0 radical (unpaired) electrons. The van der Waals surface area contributed by atoms with Crippen LogP contribution >= 0.6 is 24.2 Å². The molecule has 3 amide bonds. The normalized spacial score (nSPS) is 31.4. The lowest BCUT2D eigenvalue weighted by Gasteiger charge is -2.46. The average molecular weight is 574 g/mol. The van der Waals surface area contributed by atoms with E-state index in [0.717, 1.165) is 0 Å². The number of halogens is 1. The maximum Gasteiger partial charge on any atom is 0.353 e. The van der Waals surface area contributed by atoms with Crippen LogP contribution in [0.2, 0.25) is 0 Å². The van der Waals surface area contributed by atoms with Crippen LogP contribution in [0.25, 0.3) is 0 Å². The van der Waals surface area contributed by atoms with Crippen LogP contribution in [0.15, 0.2) is 10.6 Å². The molecule has 0 saturated carbocycles. The zero-order chi connectivity index (χ0) is 27.2. The van der Waals surface area contributed by atoms with Gasteiger partial charge < -0.3 is 36.4 Å². The van der Waals surface area contributed by atoms with Crippen LogP contribution in [0.5, 0.6) is 0 Å². The highest BCUT2D eigenvalue weighted by atomic mass is 35.5. The highest BCUT2D eigenvalue weighted by Crippen LogP contribution is 2.52. The molecule has 7 N–H and O–H groups in total. The number of carboxylic acid groups (broad SMARTS) is 1. The maximum atomic E-state index is 13.3. The Kier molecular flexibility index (Phi) is 9.22. The molecule has 0 unspecified atom stereocenters. The molecule has 212 valence electrons. The summed E-state index contributed by atoms with van der Waals surface area (Å²) in [5, 5.41) is 32.3. The second-order valence-corrected chi connectivity index (χ2v) is 11.6. The Morgan fingerprint density at radius 2 is 1.97 bits per heavy atom.